The van der Waals surface area contributed by atoms with Crippen LogP contribution in [0.25, 0.3) is 0 Å². The molecule has 0 spiro atoms. The van der Waals surface area contributed by atoms with Gasteiger partial charge in [0.15, 0.2) is 0 Å². The maximum atomic E-state index is 11.7. The number of hydrogen-bond donors (Lipinski definition) is 3. The molecular weight excluding hydrogens is 258 g/mol. The standard InChI is InChI=1S/C14H21N3O3/c1-13(2,12(19)20)14(3,4)17-9-7-10(18)16-11(15-9)8-5-6-8/h7-8H,5-6H2,1-4H3,(H,19,20)(H2,15,16,17,18). The summed E-state index contributed by atoms with van der Waals surface area (Å²) in [5.41, 5.74) is -1.97. The number of aromatic amines is 1. The largest absolute Gasteiger partial charge is 0.481 e. The van der Waals surface area contributed by atoms with Crippen molar-refractivity contribution in [3.63, 3.8) is 0 Å². The number of aliphatic carboxylic acids is 1. The second-order valence-corrected chi connectivity index (χ2v) is 6.47. The van der Waals surface area contributed by atoms with Crippen molar-refractivity contribution in [2.45, 2.75) is 52.0 Å². The molecule has 0 amide bonds. The summed E-state index contributed by atoms with van der Waals surface area (Å²) >= 11 is 0. The molecule has 0 radical (unpaired) electrons. The molecule has 0 aromatic carbocycles. The fourth-order valence-corrected chi connectivity index (χ4v) is 1.83. The molecule has 3 N–H and O–H groups in total. The lowest BCUT2D eigenvalue weighted by molar-refractivity contribution is -0.149. The molecule has 0 atom stereocenters. The molecule has 20 heavy (non-hydrogen) atoms. The molecule has 110 valence electrons. The van der Waals surface area contributed by atoms with Crippen LogP contribution in [0.15, 0.2) is 10.9 Å². The fourth-order valence-electron chi connectivity index (χ4n) is 1.83. The van der Waals surface area contributed by atoms with E-state index in [1.165, 1.54) is 6.07 Å². The zero-order chi connectivity index (χ0) is 15.1. The first kappa shape index (κ1) is 14.6. The molecule has 1 saturated carbocycles. The Balaban J connectivity index is 2.29. The van der Waals surface area contributed by atoms with E-state index in [0.717, 1.165) is 12.8 Å². The molecule has 6 heteroatoms. The Bertz CT molecular complexity index is 586. The van der Waals surface area contributed by atoms with Crippen molar-refractivity contribution in [3.8, 4) is 0 Å². The third kappa shape index (κ3) is 2.69. The Morgan fingerprint density at radius 3 is 2.50 bits per heavy atom. The van der Waals surface area contributed by atoms with Crippen LogP contribution in [0.5, 0.6) is 0 Å². The van der Waals surface area contributed by atoms with Gasteiger partial charge in [0.25, 0.3) is 5.56 Å². The van der Waals surface area contributed by atoms with Crippen molar-refractivity contribution < 1.29 is 9.90 Å². The summed E-state index contributed by atoms with van der Waals surface area (Å²) in [5, 5.41) is 12.4. The summed E-state index contributed by atoms with van der Waals surface area (Å²) in [7, 11) is 0. The minimum absolute atomic E-state index is 0.215. The van der Waals surface area contributed by atoms with Crippen molar-refractivity contribution in [3.05, 3.63) is 22.2 Å². The number of carboxylic acids is 1. The number of H-pyrrole nitrogens is 1. The average Bonchev–Trinajstić information content (AvgIpc) is 3.10. The van der Waals surface area contributed by atoms with Gasteiger partial charge in [-0.25, -0.2) is 4.98 Å². The molecule has 2 rings (SSSR count). The van der Waals surface area contributed by atoms with Crippen molar-refractivity contribution in [1.82, 2.24) is 9.97 Å². The minimum Gasteiger partial charge on any atom is -0.481 e. The molecule has 1 aromatic heterocycles. The third-order valence-electron chi connectivity index (χ3n) is 4.26. The highest BCUT2D eigenvalue weighted by Gasteiger charge is 2.43. The van der Waals surface area contributed by atoms with E-state index < -0.39 is 16.9 Å². The van der Waals surface area contributed by atoms with Crippen molar-refractivity contribution in [2.75, 3.05) is 5.32 Å². The van der Waals surface area contributed by atoms with E-state index in [1.54, 1.807) is 27.7 Å². The summed E-state index contributed by atoms with van der Waals surface area (Å²) in [5.74, 6) is 0.543. The molecule has 6 nitrogen and oxygen atoms in total. The quantitative estimate of drug-likeness (QED) is 0.765. The Morgan fingerprint density at radius 1 is 1.40 bits per heavy atom. The van der Waals surface area contributed by atoms with Crippen LogP contribution in [0.1, 0.15) is 52.3 Å². The zero-order valence-corrected chi connectivity index (χ0v) is 12.3. The summed E-state index contributed by atoms with van der Waals surface area (Å²) < 4.78 is 0. The summed E-state index contributed by atoms with van der Waals surface area (Å²) in [6.07, 6.45) is 2.08. The van der Waals surface area contributed by atoms with E-state index in [4.69, 9.17) is 0 Å². The van der Waals surface area contributed by atoms with Gasteiger partial charge >= 0.3 is 5.97 Å². The highest BCUT2D eigenvalue weighted by atomic mass is 16.4. The highest BCUT2D eigenvalue weighted by Crippen LogP contribution is 2.38. The normalized spacial score (nSPS) is 16.0. The Hall–Kier alpha value is -1.85. The molecule has 0 unspecified atom stereocenters. The molecule has 0 aliphatic heterocycles. The first-order valence-electron chi connectivity index (χ1n) is 6.76. The first-order chi connectivity index (χ1) is 9.13. The lowest BCUT2D eigenvalue weighted by atomic mass is 9.74. The second-order valence-electron chi connectivity index (χ2n) is 6.47. The predicted octanol–water partition coefficient (Wildman–Crippen LogP) is 1.95. The van der Waals surface area contributed by atoms with E-state index in [-0.39, 0.29) is 5.56 Å². The van der Waals surface area contributed by atoms with Crippen LogP contribution in [0.2, 0.25) is 0 Å². The van der Waals surface area contributed by atoms with Crippen LogP contribution in [0, 0.1) is 5.41 Å². The monoisotopic (exact) mass is 279 g/mol. The zero-order valence-electron chi connectivity index (χ0n) is 12.3. The minimum atomic E-state index is -1.00. The summed E-state index contributed by atoms with van der Waals surface area (Å²) in [6.45, 7) is 6.89. The number of aromatic nitrogens is 2. The number of carbonyl (C=O) groups is 1. The maximum Gasteiger partial charge on any atom is 0.311 e. The van der Waals surface area contributed by atoms with Crippen molar-refractivity contribution in [1.29, 1.82) is 0 Å². The van der Waals surface area contributed by atoms with Gasteiger partial charge in [0, 0.05) is 17.5 Å². The number of hydrogen-bond acceptors (Lipinski definition) is 4. The van der Waals surface area contributed by atoms with Gasteiger partial charge in [-0.1, -0.05) is 0 Å². The van der Waals surface area contributed by atoms with Crippen LogP contribution < -0.4 is 10.9 Å². The van der Waals surface area contributed by atoms with Gasteiger partial charge in [-0.2, -0.15) is 0 Å². The van der Waals surface area contributed by atoms with Crippen molar-refractivity contribution >= 4 is 11.8 Å². The molecule has 1 aliphatic carbocycles. The molecule has 1 fully saturated rings. The molecule has 0 saturated heterocycles. The number of nitrogens with zero attached hydrogens (tertiary/aromatic N) is 1. The average molecular weight is 279 g/mol. The van der Waals surface area contributed by atoms with Crippen LogP contribution in [-0.4, -0.2) is 26.6 Å². The van der Waals surface area contributed by atoms with E-state index in [1.807, 2.05) is 0 Å². The number of rotatable bonds is 5. The predicted molar refractivity (Wildman–Crippen MR) is 76.0 cm³/mol. The maximum absolute atomic E-state index is 11.7. The summed E-state index contributed by atoms with van der Waals surface area (Å²) in [4.78, 5) is 30.2. The Morgan fingerprint density at radius 2 is 2.00 bits per heavy atom. The van der Waals surface area contributed by atoms with Gasteiger partial charge < -0.3 is 15.4 Å². The number of nitrogens with one attached hydrogen (secondary N) is 2. The lowest BCUT2D eigenvalue weighted by Gasteiger charge is -2.39. The van der Waals surface area contributed by atoms with E-state index in [9.17, 15) is 14.7 Å². The Labute approximate surface area is 117 Å². The van der Waals surface area contributed by atoms with Gasteiger partial charge in [-0.15, -0.1) is 0 Å². The Kier molecular flexibility index (Phi) is 3.36. The van der Waals surface area contributed by atoms with Crippen LogP contribution in [0.4, 0.5) is 5.82 Å². The SMILES string of the molecule is CC(C)(Nc1cc(=O)[nH]c(C2CC2)n1)C(C)(C)C(=O)O. The van der Waals surface area contributed by atoms with E-state index in [2.05, 4.69) is 15.3 Å². The van der Waals surface area contributed by atoms with E-state index in [0.29, 0.717) is 17.6 Å². The van der Waals surface area contributed by atoms with Gasteiger partial charge in [0.1, 0.15) is 11.6 Å². The van der Waals surface area contributed by atoms with Crippen LogP contribution in [0.3, 0.4) is 0 Å². The van der Waals surface area contributed by atoms with E-state index >= 15 is 0 Å². The topological polar surface area (TPSA) is 95.1 Å². The van der Waals surface area contributed by atoms with Crippen molar-refractivity contribution in [2.24, 2.45) is 5.41 Å². The molecule has 1 heterocycles. The molecule has 0 bridgehead atoms. The smallest absolute Gasteiger partial charge is 0.311 e. The molecular formula is C14H21N3O3. The second kappa shape index (κ2) is 4.61. The highest BCUT2D eigenvalue weighted by molar-refractivity contribution is 5.76. The lowest BCUT2D eigenvalue weighted by Crippen LogP contribution is -2.51. The van der Waals surface area contributed by atoms with Gasteiger partial charge in [0.05, 0.1) is 5.41 Å². The van der Waals surface area contributed by atoms with Gasteiger partial charge in [0.2, 0.25) is 0 Å². The van der Waals surface area contributed by atoms with Gasteiger partial charge in [-0.05, 0) is 40.5 Å². The van der Waals surface area contributed by atoms with Crippen LogP contribution >= 0.6 is 0 Å². The number of carboxylic acid groups (broad SMARTS) is 1. The van der Waals surface area contributed by atoms with Crippen LogP contribution in [-0.2, 0) is 4.79 Å². The summed E-state index contributed by atoms with van der Waals surface area (Å²) in [6, 6.07) is 1.37. The molecule has 1 aliphatic rings. The molecule has 1 aromatic rings. The first-order valence-corrected chi connectivity index (χ1v) is 6.76. The third-order valence-corrected chi connectivity index (χ3v) is 4.26. The fraction of sp³-hybridized carbons (Fsp3) is 0.643. The van der Waals surface area contributed by atoms with Gasteiger partial charge in [-0.3, -0.25) is 9.59 Å². The number of anilines is 1.